The third-order valence-corrected chi connectivity index (χ3v) is 4.15. The Hall–Kier alpha value is -2.25. The van der Waals surface area contributed by atoms with Crippen molar-refractivity contribution in [2.45, 2.75) is 32.0 Å². The van der Waals surface area contributed by atoms with Gasteiger partial charge in [-0.3, -0.25) is 4.79 Å². The van der Waals surface area contributed by atoms with Crippen molar-refractivity contribution in [3.8, 4) is 0 Å². The van der Waals surface area contributed by atoms with Crippen molar-refractivity contribution in [2.24, 2.45) is 5.92 Å². The lowest BCUT2D eigenvalue weighted by molar-refractivity contribution is -0.144. The monoisotopic (exact) mass is 331 g/mol. The van der Waals surface area contributed by atoms with Crippen LogP contribution in [0.25, 0.3) is 0 Å². The number of hydrogen-bond donors (Lipinski definition) is 2. The molecular formula is C15H16F3NO4. The minimum Gasteiger partial charge on any atom is -0.481 e. The fourth-order valence-electron chi connectivity index (χ4n) is 2.94. The van der Waals surface area contributed by atoms with Crippen LogP contribution in [0.15, 0.2) is 18.2 Å². The zero-order valence-electron chi connectivity index (χ0n) is 12.3. The summed E-state index contributed by atoms with van der Waals surface area (Å²) in [6.07, 6.45) is -5.45. The van der Waals surface area contributed by atoms with Crippen LogP contribution < -0.4 is 0 Å². The Labute approximate surface area is 130 Å². The van der Waals surface area contributed by atoms with Crippen LogP contribution in [0.1, 0.15) is 35.6 Å². The predicted octanol–water partition coefficient (Wildman–Crippen LogP) is 3.53. The number of aryl methyl sites for hydroxylation is 1. The maximum atomic E-state index is 12.7. The highest BCUT2D eigenvalue weighted by Gasteiger charge is 2.37. The van der Waals surface area contributed by atoms with Gasteiger partial charge in [0.1, 0.15) is 0 Å². The lowest BCUT2D eigenvalue weighted by atomic mass is 9.85. The number of alkyl halides is 3. The molecule has 23 heavy (non-hydrogen) atoms. The number of carboxylic acids is 1. The zero-order valence-corrected chi connectivity index (χ0v) is 12.3. The quantitative estimate of drug-likeness (QED) is 0.869. The van der Waals surface area contributed by atoms with E-state index in [9.17, 15) is 27.9 Å². The van der Waals surface area contributed by atoms with E-state index >= 15 is 0 Å². The van der Waals surface area contributed by atoms with Gasteiger partial charge in [0, 0.05) is 6.54 Å². The molecule has 1 saturated heterocycles. The summed E-state index contributed by atoms with van der Waals surface area (Å²) in [7, 11) is 0. The number of hydrogen-bond acceptors (Lipinski definition) is 2. The maximum absolute atomic E-state index is 12.7. The van der Waals surface area contributed by atoms with E-state index in [2.05, 4.69) is 0 Å². The smallest absolute Gasteiger partial charge is 0.416 e. The van der Waals surface area contributed by atoms with Crippen molar-refractivity contribution in [3.63, 3.8) is 0 Å². The Balaban J connectivity index is 2.39. The molecule has 2 rings (SSSR count). The van der Waals surface area contributed by atoms with Gasteiger partial charge in [-0.1, -0.05) is 6.07 Å². The summed E-state index contributed by atoms with van der Waals surface area (Å²) >= 11 is 0. The molecule has 0 radical (unpaired) electrons. The summed E-state index contributed by atoms with van der Waals surface area (Å²) in [4.78, 5) is 23.6. The normalized spacial score (nSPS) is 22.0. The molecule has 0 spiro atoms. The van der Waals surface area contributed by atoms with Crippen LogP contribution in [-0.4, -0.2) is 33.7 Å². The number of benzene rings is 1. The first-order valence-electron chi connectivity index (χ1n) is 7.01. The molecule has 126 valence electrons. The molecule has 1 aromatic carbocycles. The van der Waals surface area contributed by atoms with Crippen LogP contribution in [-0.2, 0) is 11.0 Å². The molecule has 1 heterocycles. The average Bonchev–Trinajstić information content (AvgIpc) is 2.45. The van der Waals surface area contributed by atoms with Crippen molar-refractivity contribution in [1.82, 2.24) is 4.90 Å². The van der Waals surface area contributed by atoms with Crippen LogP contribution in [0.5, 0.6) is 0 Å². The molecule has 1 aromatic rings. The summed E-state index contributed by atoms with van der Waals surface area (Å²) in [6, 6.07) is 2.33. The standard InChI is InChI=1S/C15H16F3NO4/c1-8-6-10(15(16,17)18)2-3-11(8)12-7-9(13(20)21)4-5-19(12)14(22)23/h2-3,6,9,12H,4-5,7H2,1H3,(H,20,21)(H,22,23). The Kier molecular flexibility index (Phi) is 4.53. The number of rotatable bonds is 2. The van der Waals surface area contributed by atoms with E-state index in [0.717, 1.165) is 17.0 Å². The minimum atomic E-state index is -4.48. The van der Waals surface area contributed by atoms with Gasteiger partial charge in [-0.05, 0) is 43.0 Å². The number of halogens is 3. The number of amides is 1. The maximum Gasteiger partial charge on any atom is 0.416 e. The number of nitrogens with zero attached hydrogens (tertiary/aromatic N) is 1. The van der Waals surface area contributed by atoms with Gasteiger partial charge in [-0.15, -0.1) is 0 Å². The topological polar surface area (TPSA) is 77.8 Å². The van der Waals surface area contributed by atoms with Crippen molar-refractivity contribution in [1.29, 1.82) is 0 Å². The highest BCUT2D eigenvalue weighted by molar-refractivity contribution is 5.71. The van der Waals surface area contributed by atoms with Gasteiger partial charge in [0.05, 0.1) is 17.5 Å². The van der Waals surface area contributed by atoms with E-state index in [-0.39, 0.29) is 19.4 Å². The highest BCUT2D eigenvalue weighted by atomic mass is 19.4. The Bertz CT molecular complexity index is 630. The lowest BCUT2D eigenvalue weighted by Gasteiger charge is -2.37. The van der Waals surface area contributed by atoms with Gasteiger partial charge in [0.15, 0.2) is 0 Å². The van der Waals surface area contributed by atoms with E-state index in [1.165, 1.54) is 13.0 Å². The largest absolute Gasteiger partial charge is 0.481 e. The van der Waals surface area contributed by atoms with E-state index in [1.54, 1.807) is 0 Å². The van der Waals surface area contributed by atoms with Gasteiger partial charge >= 0.3 is 18.2 Å². The summed E-state index contributed by atoms with van der Waals surface area (Å²) in [5.41, 5.74) is -0.111. The Morgan fingerprint density at radius 1 is 1.26 bits per heavy atom. The number of piperidine rings is 1. The molecule has 1 amide bonds. The highest BCUT2D eigenvalue weighted by Crippen LogP contribution is 2.38. The van der Waals surface area contributed by atoms with Crippen LogP contribution in [0.4, 0.5) is 18.0 Å². The molecule has 0 aromatic heterocycles. The first-order chi connectivity index (χ1) is 10.6. The molecule has 8 heteroatoms. The molecule has 1 aliphatic heterocycles. The van der Waals surface area contributed by atoms with Crippen LogP contribution >= 0.6 is 0 Å². The molecule has 0 bridgehead atoms. The molecular weight excluding hydrogens is 315 g/mol. The van der Waals surface area contributed by atoms with Gasteiger partial charge in [0.25, 0.3) is 0 Å². The second kappa shape index (κ2) is 6.10. The minimum absolute atomic E-state index is 0.0391. The number of carboxylic acid groups (broad SMARTS) is 2. The van der Waals surface area contributed by atoms with Gasteiger partial charge in [-0.2, -0.15) is 13.2 Å². The van der Waals surface area contributed by atoms with E-state index < -0.39 is 35.8 Å². The summed E-state index contributed by atoms with van der Waals surface area (Å²) in [5.74, 6) is -1.73. The molecule has 2 N–H and O–H groups in total. The second-order valence-corrected chi connectivity index (χ2v) is 5.62. The van der Waals surface area contributed by atoms with Crippen LogP contribution in [0, 0.1) is 12.8 Å². The first-order valence-corrected chi connectivity index (χ1v) is 7.01. The Morgan fingerprint density at radius 2 is 1.91 bits per heavy atom. The summed E-state index contributed by atoms with van der Waals surface area (Å²) in [6.45, 7) is 1.51. The Morgan fingerprint density at radius 3 is 2.39 bits per heavy atom. The van der Waals surface area contributed by atoms with Crippen LogP contribution in [0.2, 0.25) is 0 Å². The second-order valence-electron chi connectivity index (χ2n) is 5.62. The van der Waals surface area contributed by atoms with Gasteiger partial charge in [-0.25, -0.2) is 4.79 Å². The number of aliphatic carboxylic acids is 1. The molecule has 2 unspecified atom stereocenters. The predicted molar refractivity (Wildman–Crippen MR) is 74.0 cm³/mol. The third-order valence-electron chi connectivity index (χ3n) is 4.15. The molecule has 0 saturated carbocycles. The lowest BCUT2D eigenvalue weighted by Crippen LogP contribution is -2.42. The van der Waals surface area contributed by atoms with E-state index in [4.69, 9.17) is 5.11 Å². The van der Waals surface area contributed by atoms with Crippen molar-refractivity contribution in [2.75, 3.05) is 6.54 Å². The molecule has 0 aliphatic carbocycles. The summed E-state index contributed by atoms with van der Waals surface area (Å²) in [5, 5.41) is 18.4. The molecule has 1 fully saturated rings. The molecule has 2 atom stereocenters. The fraction of sp³-hybridized carbons (Fsp3) is 0.467. The van der Waals surface area contributed by atoms with E-state index in [1.807, 2.05) is 0 Å². The number of carbonyl (C=O) groups is 2. The van der Waals surface area contributed by atoms with Crippen molar-refractivity contribution >= 4 is 12.1 Å². The zero-order chi connectivity index (χ0) is 17.4. The SMILES string of the molecule is Cc1cc(C(F)(F)F)ccc1C1CC(C(=O)O)CCN1C(=O)O. The van der Waals surface area contributed by atoms with E-state index in [0.29, 0.717) is 11.1 Å². The van der Waals surface area contributed by atoms with Crippen molar-refractivity contribution < 1.29 is 33.0 Å². The third kappa shape index (κ3) is 3.57. The molecule has 1 aliphatic rings. The van der Waals surface area contributed by atoms with Gasteiger partial charge in [0.2, 0.25) is 0 Å². The molecule has 5 nitrogen and oxygen atoms in total. The van der Waals surface area contributed by atoms with Crippen LogP contribution in [0.3, 0.4) is 0 Å². The fourth-order valence-corrected chi connectivity index (χ4v) is 2.94. The first kappa shape index (κ1) is 17.1. The summed E-state index contributed by atoms with van der Waals surface area (Å²) < 4.78 is 38.2. The van der Waals surface area contributed by atoms with Gasteiger partial charge < -0.3 is 15.1 Å². The average molecular weight is 331 g/mol. The number of likely N-dealkylation sites (tertiary alicyclic amines) is 1. The van der Waals surface area contributed by atoms with Crippen molar-refractivity contribution in [3.05, 3.63) is 34.9 Å².